The first-order chi connectivity index (χ1) is 16.6. The number of tetrazole rings is 1. The van der Waals surface area contributed by atoms with Gasteiger partial charge in [-0.25, -0.2) is 0 Å². The number of methoxy groups -OCH3 is 1. The van der Waals surface area contributed by atoms with Crippen molar-refractivity contribution in [3.05, 3.63) is 87.9 Å². The maximum atomic E-state index is 6.51. The van der Waals surface area contributed by atoms with Gasteiger partial charge in [-0.3, -0.25) is 0 Å². The van der Waals surface area contributed by atoms with Gasteiger partial charge in [-0.2, -0.15) is 4.68 Å². The Morgan fingerprint density at radius 3 is 2.65 bits per heavy atom. The van der Waals surface area contributed by atoms with Crippen molar-refractivity contribution < 1.29 is 9.47 Å². The van der Waals surface area contributed by atoms with Crippen molar-refractivity contribution in [1.82, 2.24) is 25.5 Å². The molecule has 0 amide bonds. The van der Waals surface area contributed by atoms with Crippen molar-refractivity contribution >= 4 is 35.0 Å². The average Bonchev–Trinajstić information content (AvgIpc) is 3.32. The predicted octanol–water partition coefficient (Wildman–Crippen LogP) is 5.44. The third kappa shape index (κ3) is 6.42. The van der Waals surface area contributed by atoms with Crippen LogP contribution in [0.25, 0.3) is 5.69 Å². The largest absolute Gasteiger partial charge is 0.493 e. The van der Waals surface area contributed by atoms with Crippen LogP contribution in [-0.4, -0.2) is 39.6 Å². The van der Waals surface area contributed by atoms with E-state index in [4.69, 9.17) is 32.7 Å². The number of ether oxygens (including phenoxy) is 2. The third-order valence-corrected chi connectivity index (χ3v) is 6.28. The number of thioether (sulfide) groups is 1. The number of aromatic nitrogens is 4. The van der Waals surface area contributed by atoms with Gasteiger partial charge in [-0.05, 0) is 58.0 Å². The monoisotopic (exact) mass is 515 g/mol. The molecule has 176 valence electrons. The average molecular weight is 516 g/mol. The Bertz CT molecular complexity index is 1220. The van der Waals surface area contributed by atoms with E-state index < -0.39 is 0 Å². The second kappa shape index (κ2) is 12.1. The Hall–Kier alpha value is -2.78. The van der Waals surface area contributed by atoms with Crippen molar-refractivity contribution in [2.75, 3.05) is 19.4 Å². The molecule has 3 aromatic carbocycles. The molecule has 0 bridgehead atoms. The number of benzene rings is 3. The zero-order valence-corrected chi connectivity index (χ0v) is 20.8. The van der Waals surface area contributed by atoms with E-state index in [1.807, 2.05) is 66.7 Å². The normalized spacial score (nSPS) is 10.9. The Morgan fingerprint density at radius 1 is 1.00 bits per heavy atom. The Morgan fingerprint density at radius 2 is 1.85 bits per heavy atom. The minimum Gasteiger partial charge on any atom is -0.493 e. The quantitative estimate of drug-likeness (QED) is 0.210. The van der Waals surface area contributed by atoms with Gasteiger partial charge < -0.3 is 14.8 Å². The lowest BCUT2D eigenvalue weighted by Gasteiger charge is -2.15. The summed E-state index contributed by atoms with van der Waals surface area (Å²) in [5, 5.41) is 17.3. The van der Waals surface area contributed by atoms with Crippen molar-refractivity contribution in [1.29, 1.82) is 0 Å². The van der Waals surface area contributed by atoms with Gasteiger partial charge in [-0.15, -0.1) is 5.10 Å². The van der Waals surface area contributed by atoms with E-state index in [0.29, 0.717) is 34.7 Å². The van der Waals surface area contributed by atoms with E-state index in [9.17, 15) is 0 Å². The number of nitrogens with zero attached hydrogens (tertiary/aromatic N) is 4. The lowest BCUT2D eigenvalue weighted by Crippen LogP contribution is -2.17. The SMILES string of the molecule is COc1cc(CNCCSc2nnnn2-c2ccccc2)cc(Cl)c1OCc1cccc(Cl)c1. The van der Waals surface area contributed by atoms with E-state index in [1.54, 1.807) is 23.6 Å². The van der Waals surface area contributed by atoms with Gasteiger partial charge in [0.25, 0.3) is 0 Å². The van der Waals surface area contributed by atoms with Gasteiger partial charge in [0, 0.05) is 23.9 Å². The van der Waals surface area contributed by atoms with Gasteiger partial charge in [0.05, 0.1) is 17.8 Å². The summed E-state index contributed by atoms with van der Waals surface area (Å²) in [4.78, 5) is 0. The van der Waals surface area contributed by atoms with E-state index in [2.05, 4.69) is 20.8 Å². The predicted molar refractivity (Wildman–Crippen MR) is 135 cm³/mol. The molecule has 0 spiro atoms. The molecule has 0 fully saturated rings. The maximum absolute atomic E-state index is 6.51. The van der Waals surface area contributed by atoms with Gasteiger partial charge >= 0.3 is 0 Å². The molecule has 0 aliphatic rings. The Balaban J connectivity index is 1.29. The van der Waals surface area contributed by atoms with Gasteiger partial charge in [0.2, 0.25) is 5.16 Å². The lowest BCUT2D eigenvalue weighted by molar-refractivity contribution is 0.284. The van der Waals surface area contributed by atoms with Crippen LogP contribution < -0.4 is 14.8 Å². The van der Waals surface area contributed by atoms with Gasteiger partial charge in [0.15, 0.2) is 11.5 Å². The van der Waals surface area contributed by atoms with Crippen LogP contribution in [0, 0.1) is 0 Å². The van der Waals surface area contributed by atoms with Crippen LogP contribution in [0.5, 0.6) is 11.5 Å². The minimum absolute atomic E-state index is 0.341. The van der Waals surface area contributed by atoms with Crippen LogP contribution in [-0.2, 0) is 13.2 Å². The minimum atomic E-state index is 0.341. The molecule has 1 heterocycles. The first kappa shape index (κ1) is 24.3. The second-order valence-electron chi connectivity index (χ2n) is 7.26. The van der Waals surface area contributed by atoms with Crippen LogP contribution >= 0.6 is 35.0 Å². The molecule has 7 nitrogen and oxygen atoms in total. The molecular weight excluding hydrogens is 493 g/mol. The lowest BCUT2D eigenvalue weighted by atomic mass is 10.2. The smallest absolute Gasteiger partial charge is 0.214 e. The van der Waals surface area contributed by atoms with Gasteiger partial charge in [-0.1, -0.05) is 65.3 Å². The maximum Gasteiger partial charge on any atom is 0.214 e. The number of nitrogens with one attached hydrogen (secondary N) is 1. The molecule has 0 aliphatic carbocycles. The molecule has 4 rings (SSSR count). The zero-order chi connectivity index (χ0) is 23.8. The molecular formula is C24H23Cl2N5O2S. The summed E-state index contributed by atoms with van der Waals surface area (Å²) in [5.74, 6) is 1.90. The topological polar surface area (TPSA) is 74.1 Å². The van der Waals surface area contributed by atoms with E-state index in [1.165, 1.54) is 0 Å². The molecule has 0 radical (unpaired) electrons. The summed E-state index contributed by atoms with van der Waals surface area (Å²) in [6.45, 7) is 1.74. The first-order valence-corrected chi connectivity index (χ1v) is 12.3. The summed E-state index contributed by atoms with van der Waals surface area (Å²) in [5.41, 5.74) is 2.88. The standard InChI is InChI=1S/C24H23Cl2N5O2S/c1-32-22-14-18(13-21(26)23(22)33-16-17-6-5-7-19(25)12-17)15-27-10-11-34-24-28-29-30-31(24)20-8-3-2-4-9-20/h2-9,12-14,27H,10-11,15-16H2,1H3. The third-order valence-electron chi connectivity index (χ3n) is 4.84. The summed E-state index contributed by atoms with van der Waals surface area (Å²) in [6.07, 6.45) is 0. The van der Waals surface area contributed by atoms with Crippen LogP contribution in [0.15, 0.2) is 71.9 Å². The molecule has 4 aromatic rings. The highest BCUT2D eigenvalue weighted by atomic mass is 35.5. The Kier molecular flexibility index (Phi) is 8.65. The van der Waals surface area contributed by atoms with Crippen molar-refractivity contribution in [2.45, 2.75) is 18.3 Å². The number of hydrogen-bond acceptors (Lipinski definition) is 7. The number of para-hydroxylation sites is 1. The van der Waals surface area contributed by atoms with Crippen LogP contribution in [0.2, 0.25) is 10.0 Å². The molecule has 0 unspecified atom stereocenters. The van der Waals surface area contributed by atoms with E-state index >= 15 is 0 Å². The fourth-order valence-electron chi connectivity index (χ4n) is 3.24. The van der Waals surface area contributed by atoms with E-state index in [-0.39, 0.29) is 0 Å². The molecule has 0 saturated heterocycles. The highest BCUT2D eigenvalue weighted by molar-refractivity contribution is 7.99. The second-order valence-corrected chi connectivity index (χ2v) is 9.17. The van der Waals surface area contributed by atoms with Crippen molar-refractivity contribution in [3.8, 4) is 17.2 Å². The summed E-state index contributed by atoms with van der Waals surface area (Å²) < 4.78 is 13.2. The molecule has 0 atom stereocenters. The highest BCUT2D eigenvalue weighted by Gasteiger charge is 2.13. The first-order valence-electron chi connectivity index (χ1n) is 10.5. The number of hydrogen-bond donors (Lipinski definition) is 1. The van der Waals surface area contributed by atoms with Crippen LogP contribution in [0.4, 0.5) is 0 Å². The fraction of sp³-hybridized carbons (Fsp3) is 0.208. The molecule has 10 heteroatoms. The van der Waals surface area contributed by atoms with Gasteiger partial charge in [0.1, 0.15) is 6.61 Å². The number of rotatable bonds is 11. The molecule has 0 aliphatic heterocycles. The summed E-state index contributed by atoms with van der Waals surface area (Å²) in [6, 6.07) is 21.1. The molecule has 34 heavy (non-hydrogen) atoms. The molecule has 1 N–H and O–H groups in total. The molecule has 1 aromatic heterocycles. The fourth-order valence-corrected chi connectivity index (χ4v) is 4.53. The van der Waals surface area contributed by atoms with Crippen LogP contribution in [0.3, 0.4) is 0 Å². The Labute approximate surface area is 212 Å². The highest BCUT2D eigenvalue weighted by Crippen LogP contribution is 2.37. The zero-order valence-electron chi connectivity index (χ0n) is 18.4. The number of halogens is 2. The van der Waals surface area contributed by atoms with E-state index in [0.717, 1.165) is 34.3 Å². The summed E-state index contributed by atoms with van der Waals surface area (Å²) >= 11 is 14.1. The molecule has 0 saturated carbocycles. The summed E-state index contributed by atoms with van der Waals surface area (Å²) in [7, 11) is 1.60. The van der Waals surface area contributed by atoms with Crippen molar-refractivity contribution in [2.24, 2.45) is 0 Å². The van der Waals surface area contributed by atoms with Crippen LogP contribution in [0.1, 0.15) is 11.1 Å². The van der Waals surface area contributed by atoms with Crippen molar-refractivity contribution in [3.63, 3.8) is 0 Å².